The highest BCUT2D eigenvalue weighted by atomic mass is 16.6. The number of aromatic nitrogens is 5. The molecule has 1 aliphatic rings. The number of anilines is 1. The summed E-state index contributed by atoms with van der Waals surface area (Å²) in [6.45, 7) is 12.2. The van der Waals surface area contributed by atoms with Gasteiger partial charge in [0.2, 0.25) is 11.8 Å². The average Bonchev–Trinajstić information content (AvgIpc) is 3.68. The molecule has 6 rings (SSSR count). The van der Waals surface area contributed by atoms with Gasteiger partial charge in [-0.2, -0.15) is 0 Å². The molecule has 1 aliphatic carbocycles. The summed E-state index contributed by atoms with van der Waals surface area (Å²) in [7, 11) is 0. The minimum Gasteiger partial charge on any atom is -0.444 e. The van der Waals surface area contributed by atoms with E-state index in [0.29, 0.717) is 41.8 Å². The fourth-order valence-electron chi connectivity index (χ4n) is 6.67. The molecule has 3 amide bonds. The SMILES string of the molecule is Cc1cc2[nH]c(C(C)C)nc2nc1-c1ccc(CC(NC(=O)C2CCC(CNC(=O)OC(C)(C)C)CC2)C(=O)Nc2ccc3[nH]c(=O)[nH]c3c2)cc1. The lowest BCUT2D eigenvalue weighted by atomic mass is 9.81. The fraction of sp³-hybridized carbons (Fsp3) is 0.436. The van der Waals surface area contributed by atoms with E-state index in [-0.39, 0.29) is 41.7 Å². The van der Waals surface area contributed by atoms with E-state index in [0.717, 1.165) is 46.6 Å². The first-order valence-corrected chi connectivity index (χ1v) is 18.0. The van der Waals surface area contributed by atoms with Crippen molar-refractivity contribution in [1.82, 2.24) is 35.6 Å². The first-order chi connectivity index (χ1) is 24.7. The van der Waals surface area contributed by atoms with E-state index < -0.39 is 17.7 Å². The number of aromatic amines is 3. The summed E-state index contributed by atoms with van der Waals surface area (Å²) in [6.07, 6.45) is 2.67. The number of imidazole rings is 2. The Balaban J connectivity index is 1.15. The van der Waals surface area contributed by atoms with Crippen LogP contribution in [-0.2, 0) is 20.7 Å². The predicted molar refractivity (Wildman–Crippen MR) is 201 cm³/mol. The molecule has 1 atom stereocenters. The first-order valence-electron chi connectivity index (χ1n) is 18.0. The second-order valence-electron chi connectivity index (χ2n) is 15.2. The zero-order valence-electron chi connectivity index (χ0n) is 30.6. The van der Waals surface area contributed by atoms with Crippen LogP contribution >= 0.6 is 0 Å². The van der Waals surface area contributed by atoms with E-state index >= 15 is 0 Å². The Labute approximate surface area is 302 Å². The Morgan fingerprint density at radius 1 is 0.904 bits per heavy atom. The molecular formula is C39H48N8O5. The normalized spacial score (nSPS) is 16.9. The van der Waals surface area contributed by atoms with Crippen LogP contribution in [0.4, 0.5) is 10.5 Å². The number of alkyl carbamates (subject to hydrolysis) is 1. The number of nitrogens with one attached hydrogen (secondary N) is 6. The molecule has 0 aliphatic heterocycles. The average molecular weight is 709 g/mol. The van der Waals surface area contributed by atoms with Crippen LogP contribution in [0.3, 0.4) is 0 Å². The molecule has 1 unspecified atom stereocenters. The smallest absolute Gasteiger partial charge is 0.407 e. The third kappa shape index (κ3) is 8.87. The van der Waals surface area contributed by atoms with E-state index in [9.17, 15) is 19.2 Å². The molecule has 5 aromatic rings. The van der Waals surface area contributed by atoms with Crippen LogP contribution in [0.15, 0.2) is 53.3 Å². The number of aryl methyl sites for hydroxylation is 1. The zero-order valence-corrected chi connectivity index (χ0v) is 30.6. The molecule has 3 aromatic heterocycles. The highest BCUT2D eigenvalue weighted by Gasteiger charge is 2.30. The third-order valence-electron chi connectivity index (χ3n) is 9.46. The van der Waals surface area contributed by atoms with E-state index in [1.165, 1.54) is 0 Å². The van der Waals surface area contributed by atoms with Crippen molar-refractivity contribution < 1.29 is 19.1 Å². The van der Waals surface area contributed by atoms with Crippen molar-refractivity contribution >= 4 is 45.8 Å². The number of hydrogen-bond donors (Lipinski definition) is 6. The molecule has 52 heavy (non-hydrogen) atoms. The summed E-state index contributed by atoms with van der Waals surface area (Å²) in [4.78, 5) is 69.6. The lowest BCUT2D eigenvalue weighted by Crippen LogP contribution is -2.48. The van der Waals surface area contributed by atoms with Crippen molar-refractivity contribution in [1.29, 1.82) is 0 Å². The van der Waals surface area contributed by atoms with Crippen molar-refractivity contribution in [2.24, 2.45) is 11.8 Å². The van der Waals surface area contributed by atoms with Gasteiger partial charge in [-0.1, -0.05) is 38.1 Å². The van der Waals surface area contributed by atoms with E-state index in [1.54, 1.807) is 18.2 Å². The topological polar surface area (TPSA) is 187 Å². The van der Waals surface area contributed by atoms with Crippen LogP contribution in [0.2, 0.25) is 0 Å². The van der Waals surface area contributed by atoms with E-state index in [2.05, 4.69) is 55.8 Å². The lowest BCUT2D eigenvalue weighted by molar-refractivity contribution is -0.130. The van der Waals surface area contributed by atoms with Gasteiger partial charge in [-0.3, -0.25) is 9.59 Å². The maximum absolute atomic E-state index is 13.8. The van der Waals surface area contributed by atoms with Gasteiger partial charge in [-0.05, 0) is 94.7 Å². The zero-order chi connectivity index (χ0) is 37.2. The highest BCUT2D eigenvalue weighted by molar-refractivity contribution is 5.98. The molecule has 0 bridgehead atoms. The van der Waals surface area contributed by atoms with E-state index in [1.807, 2.05) is 52.0 Å². The minimum atomic E-state index is -0.861. The summed E-state index contributed by atoms with van der Waals surface area (Å²) in [5, 5.41) is 8.83. The highest BCUT2D eigenvalue weighted by Crippen LogP contribution is 2.30. The summed E-state index contributed by atoms with van der Waals surface area (Å²) < 4.78 is 5.35. The number of carbonyl (C=O) groups excluding carboxylic acids is 3. The molecule has 274 valence electrons. The molecule has 1 saturated carbocycles. The first kappa shape index (κ1) is 36.3. The van der Waals surface area contributed by atoms with Gasteiger partial charge in [-0.15, -0.1) is 0 Å². The van der Waals surface area contributed by atoms with Crippen LogP contribution in [-0.4, -0.2) is 61.0 Å². The molecule has 13 nitrogen and oxygen atoms in total. The van der Waals surface area contributed by atoms with E-state index in [4.69, 9.17) is 9.72 Å². The van der Waals surface area contributed by atoms with Crippen molar-refractivity contribution in [2.45, 2.75) is 91.2 Å². The maximum Gasteiger partial charge on any atom is 0.407 e. The number of pyridine rings is 1. The molecule has 0 radical (unpaired) electrons. The summed E-state index contributed by atoms with van der Waals surface area (Å²) >= 11 is 0. The molecule has 13 heteroatoms. The van der Waals surface area contributed by atoms with Crippen LogP contribution in [0.25, 0.3) is 33.5 Å². The molecule has 6 N–H and O–H groups in total. The Morgan fingerprint density at radius 2 is 1.62 bits per heavy atom. The van der Waals surface area contributed by atoms with Gasteiger partial charge in [0.25, 0.3) is 0 Å². The molecule has 0 saturated heterocycles. The maximum atomic E-state index is 13.8. The molecule has 2 aromatic carbocycles. The van der Waals surface area contributed by atoms with Crippen LogP contribution in [0, 0.1) is 18.8 Å². The van der Waals surface area contributed by atoms with Crippen molar-refractivity contribution in [3.63, 3.8) is 0 Å². The second-order valence-corrected chi connectivity index (χ2v) is 15.2. The quantitative estimate of drug-likeness (QED) is 0.0993. The van der Waals surface area contributed by atoms with Gasteiger partial charge in [0, 0.05) is 36.1 Å². The number of ether oxygens (including phenoxy) is 1. The number of rotatable bonds is 10. The van der Waals surface area contributed by atoms with Crippen molar-refractivity contribution in [3.05, 3.63) is 76.0 Å². The van der Waals surface area contributed by atoms with Crippen LogP contribution in [0.1, 0.15) is 83.2 Å². The standard InChI is InChI=1S/C39H48N8O5/c1-21(2)33-42-30-17-22(3)32(46-34(30)47-33)25-11-7-23(8-12-25)18-31(36(49)41-27-15-16-28-29(19-27)45-37(50)44-28)43-35(48)26-13-9-24(10-14-26)20-40-38(51)52-39(4,5)6/h7-8,11-12,15-17,19,21,24,26,31H,9-10,13-14,18,20H2,1-6H3,(H,40,51)(H,41,49)(H,43,48)(H,42,46,47)(H2,44,45,50). The predicted octanol–water partition coefficient (Wildman–Crippen LogP) is 6.22. The van der Waals surface area contributed by atoms with Gasteiger partial charge in [0.1, 0.15) is 17.5 Å². The van der Waals surface area contributed by atoms with Gasteiger partial charge in [0.05, 0.1) is 22.2 Å². The second kappa shape index (κ2) is 15.0. The monoisotopic (exact) mass is 708 g/mol. The van der Waals surface area contributed by atoms with Crippen molar-refractivity contribution in [3.8, 4) is 11.3 Å². The van der Waals surface area contributed by atoms with Crippen LogP contribution < -0.4 is 21.6 Å². The number of carbonyl (C=O) groups is 3. The number of benzene rings is 2. The summed E-state index contributed by atoms with van der Waals surface area (Å²) in [5.41, 5.74) is 5.99. The van der Waals surface area contributed by atoms with Gasteiger partial charge < -0.3 is 35.6 Å². The van der Waals surface area contributed by atoms with Gasteiger partial charge in [-0.25, -0.2) is 19.6 Å². The largest absolute Gasteiger partial charge is 0.444 e. The minimum absolute atomic E-state index is 0.173. The summed E-state index contributed by atoms with van der Waals surface area (Å²) in [6, 6.07) is 14.2. The summed E-state index contributed by atoms with van der Waals surface area (Å²) in [5.74, 6) is 0.602. The molecule has 1 fully saturated rings. The Bertz CT molecular complexity index is 2130. The van der Waals surface area contributed by atoms with Crippen LogP contribution in [0.5, 0.6) is 0 Å². The number of fused-ring (bicyclic) bond motifs is 2. The number of H-pyrrole nitrogens is 3. The number of amides is 3. The number of hydrogen-bond acceptors (Lipinski definition) is 7. The lowest BCUT2D eigenvalue weighted by Gasteiger charge is -2.29. The Kier molecular flexibility index (Phi) is 10.5. The molecule has 0 spiro atoms. The van der Waals surface area contributed by atoms with Gasteiger partial charge in [0.15, 0.2) is 5.65 Å². The Morgan fingerprint density at radius 3 is 2.31 bits per heavy atom. The number of nitrogens with zero attached hydrogens (tertiary/aromatic N) is 2. The third-order valence-corrected chi connectivity index (χ3v) is 9.46. The fourth-order valence-corrected chi connectivity index (χ4v) is 6.67. The van der Waals surface area contributed by atoms with Gasteiger partial charge >= 0.3 is 11.8 Å². The Hall–Kier alpha value is -5.46. The molecule has 3 heterocycles. The van der Waals surface area contributed by atoms with Crippen molar-refractivity contribution in [2.75, 3.05) is 11.9 Å². The molecular weight excluding hydrogens is 660 g/mol.